The van der Waals surface area contributed by atoms with Gasteiger partial charge in [0, 0.05) is 11.8 Å². The van der Waals surface area contributed by atoms with Crippen LogP contribution >= 0.6 is 23.2 Å². The van der Waals surface area contributed by atoms with E-state index in [1.165, 1.54) is 0 Å². The zero-order chi connectivity index (χ0) is 15.6. The van der Waals surface area contributed by atoms with Gasteiger partial charge in [-0.25, -0.2) is 0 Å². The van der Waals surface area contributed by atoms with Gasteiger partial charge >= 0.3 is 0 Å². The first-order chi connectivity index (χ1) is 9.96. The second-order valence-corrected chi connectivity index (χ2v) is 5.32. The van der Waals surface area contributed by atoms with E-state index in [0.717, 1.165) is 11.3 Å². The van der Waals surface area contributed by atoms with Crippen molar-refractivity contribution in [2.75, 3.05) is 25.3 Å². The summed E-state index contributed by atoms with van der Waals surface area (Å²) in [6.45, 7) is 1.94. The van der Waals surface area contributed by atoms with Gasteiger partial charge in [-0.15, -0.1) is 0 Å². The number of nitrogens with two attached hydrogens (primary N) is 1. The molecule has 0 atom stereocenters. The molecule has 6 heteroatoms. The SMILES string of the molecule is COc1cc(OC)c(Nc2cc(Cl)c(N)cc2C)cc1Cl. The number of hydrogen-bond acceptors (Lipinski definition) is 4. The molecule has 21 heavy (non-hydrogen) atoms. The number of anilines is 3. The van der Waals surface area contributed by atoms with Crippen molar-refractivity contribution in [2.45, 2.75) is 6.92 Å². The number of benzene rings is 2. The molecule has 2 rings (SSSR count). The zero-order valence-corrected chi connectivity index (χ0v) is 13.5. The highest BCUT2D eigenvalue weighted by Crippen LogP contribution is 2.38. The quantitative estimate of drug-likeness (QED) is 0.803. The van der Waals surface area contributed by atoms with Gasteiger partial charge in [-0.05, 0) is 30.7 Å². The number of halogens is 2. The van der Waals surface area contributed by atoms with Crippen LogP contribution < -0.4 is 20.5 Å². The standard InChI is InChI=1S/C15H16Cl2N2O2/c1-8-4-11(18)9(16)5-12(8)19-13-6-10(17)14(20-2)7-15(13)21-3/h4-7,19H,18H2,1-3H3. The third kappa shape index (κ3) is 3.28. The maximum atomic E-state index is 6.15. The summed E-state index contributed by atoms with van der Waals surface area (Å²) in [5.74, 6) is 1.16. The summed E-state index contributed by atoms with van der Waals surface area (Å²) >= 11 is 12.2. The van der Waals surface area contributed by atoms with Gasteiger partial charge < -0.3 is 20.5 Å². The first-order valence-corrected chi connectivity index (χ1v) is 6.96. The fourth-order valence-corrected chi connectivity index (χ4v) is 2.35. The summed E-state index contributed by atoms with van der Waals surface area (Å²) in [6, 6.07) is 7.04. The van der Waals surface area contributed by atoms with Crippen LogP contribution in [0, 0.1) is 6.92 Å². The maximum absolute atomic E-state index is 6.15. The van der Waals surface area contributed by atoms with Gasteiger partial charge in [0.25, 0.3) is 0 Å². The molecule has 0 radical (unpaired) electrons. The lowest BCUT2D eigenvalue weighted by Crippen LogP contribution is -1.99. The fourth-order valence-electron chi connectivity index (χ4n) is 1.94. The average Bonchev–Trinajstić information content (AvgIpc) is 2.45. The Morgan fingerprint density at radius 2 is 1.52 bits per heavy atom. The zero-order valence-electron chi connectivity index (χ0n) is 12.0. The summed E-state index contributed by atoms with van der Waals surface area (Å²) in [4.78, 5) is 0. The molecule has 2 aromatic carbocycles. The van der Waals surface area contributed by atoms with Crippen molar-refractivity contribution in [1.29, 1.82) is 0 Å². The van der Waals surface area contributed by atoms with Gasteiger partial charge in [-0.3, -0.25) is 0 Å². The van der Waals surface area contributed by atoms with Crippen LogP contribution in [0.4, 0.5) is 17.1 Å². The number of ether oxygens (including phenoxy) is 2. The molecular weight excluding hydrogens is 311 g/mol. The lowest BCUT2D eigenvalue weighted by Gasteiger charge is -2.16. The van der Waals surface area contributed by atoms with Gasteiger partial charge in [0.15, 0.2) is 0 Å². The van der Waals surface area contributed by atoms with Crippen LogP contribution in [-0.4, -0.2) is 14.2 Å². The molecule has 0 amide bonds. The van der Waals surface area contributed by atoms with Crippen LogP contribution in [0.1, 0.15) is 5.56 Å². The molecule has 112 valence electrons. The highest BCUT2D eigenvalue weighted by Gasteiger charge is 2.12. The Labute approximate surface area is 133 Å². The number of methoxy groups -OCH3 is 2. The predicted molar refractivity (Wildman–Crippen MR) is 88.4 cm³/mol. The summed E-state index contributed by atoms with van der Waals surface area (Å²) < 4.78 is 10.5. The fraction of sp³-hybridized carbons (Fsp3) is 0.200. The van der Waals surface area contributed by atoms with Crippen molar-refractivity contribution >= 4 is 40.3 Å². The molecule has 0 unspecified atom stereocenters. The molecule has 0 aromatic heterocycles. The molecule has 2 aromatic rings. The van der Waals surface area contributed by atoms with Gasteiger partial charge in [0.2, 0.25) is 0 Å². The third-order valence-corrected chi connectivity index (χ3v) is 3.71. The second kappa shape index (κ2) is 6.33. The van der Waals surface area contributed by atoms with E-state index in [0.29, 0.717) is 32.9 Å². The van der Waals surface area contributed by atoms with Gasteiger partial charge in [0.1, 0.15) is 11.5 Å². The monoisotopic (exact) mass is 326 g/mol. The van der Waals surface area contributed by atoms with Crippen LogP contribution in [0.5, 0.6) is 11.5 Å². The van der Waals surface area contributed by atoms with Gasteiger partial charge in [-0.1, -0.05) is 23.2 Å². The van der Waals surface area contributed by atoms with Crippen LogP contribution in [0.2, 0.25) is 10.0 Å². The van der Waals surface area contributed by atoms with E-state index in [1.807, 2.05) is 13.0 Å². The van der Waals surface area contributed by atoms with Crippen molar-refractivity contribution in [2.24, 2.45) is 0 Å². The van der Waals surface area contributed by atoms with Crippen LogP contribution in [-0.2, 0) is 0 Å². The normalized spacial score (nSPS) is 10.3. The Bertz CT molecular complexity index is 675. The van der Waals surface area contributed by atoms with E-state index in [-0.39, 0.29) is 0 Å². The maximum Gasteiger partial charge on any atom is 0.146 e. The topological polar surface area (TPSA) is 56.5 Å². The molecule has 0 bridgehead atoms. The van der Waals surface area contributed by atoms with E-state index in [4.69, 9.17) is 38.4 Å². The highest BCUT2D eigenvalue weighted by molar-refractivity contribution is 6.33. The second-order valence-electron chi connectivity index (χ2n) is 4.50. The van der Waals surface area contributed by atoms with Gasteiger partial charge in [0.05, 0.1) is 35.6 Å². The lowest BCUT2D eigenvalue weighted by molar-refractivity contribution is 0.396. The molecule has 0 saturated carbocycles. The minimum atomic E-state index is 0.486. The third-order valence-electron chi connectivity index (χ3n) is 3.09. The van der Waals surface area contributed by atoms with E-state index in [2.05, 4.69) is 5.32 Å². The molecule has 0 heterocycles. The number of hydrogen-bond donors (Lipinski definition) is 2. The highest BCUT2D eigenvalue weighted by atomic mass is 35.5. The smallest absolute Gasteiger partial charge is 0.146 e. The molecular formula is C15H16Cl2N2O2. The molecule has 4 nitrogen and oxygen atoms in total. The Balaban J connectivity index is 2.44. The van der Waals surface area contributed by atoms with Crippen LogP contribution in [0.25, 0.3) is 0 Å². The van der Waals surface area contributed by atoms with E-state index in [9.17, 15) is 0 Å². The average molecular weight is 327 g/mol. The van der Waals surface area contributed by atoms with Crippen molar-refractivity contribution in [1.82, 2.24) is 0 Å². The minimum absolute atomic E-state index is 0.486. The van der Waals surface area contributed by atoms with Crippen LogP contribution in [0.3, 0.4) is 0 Å². The minimum Gasteiger partial charge on any atom is -0.495 e. The van der Waals surface area contributed by atoms with Crippen molar-refractivity contribution in [3.05, 3.63) is 39.9 Å². The molecule has 0 aliphatic rings. The first-order valence-electron chi connectivity index (χ1n) is 6.20. The lowest BCUT2D eigenvalue weighted by atomic mass is 10.1. The van der Waals surface area contributed by atoms with E-state index < -0.39 is 0 Å². The number of aryl methyl sites for hydroxylation is 1. The molecule has 0 spiro atoms. The van der Waals surface area contributed by atoms with Crippen molar-refractivity contribution in [3.63, 3.8) is 0 Å². The van der Waals surface area contributed by atoms with Crippen molar-refractivity contribution in [3.8, 4) is 11.5 Å². The Morgan fingerprint density at radius 1 is 0.905 bits per heavy atom. The molecule has 0 saturated heterocycles. The summed E-state index contributed by atoms with van der Waals surface area (Å²) in [5, 5.41) is 4.22. The Kier molecular flexibility index (Phi) is 4.70. The predicted octanol–water partition coefficient (Wildman–Crippen LogP) is 4.64. The number of rotatable bonds is 4. The van der Waals surface area contributed by atoms with Crippen molar-refractivity contribution < 1.29 is 9.47 Å². The summed E-state index contributed by atoms with van der Waals surface area (Å²) in [7, 11) is 3.13. The summed E-state index contributed by atoms with van der Waals surface area (Å²) in [6.07, 6.45) is 0. The first kappa shape index (κ1) is 15.6. The Morgan fingerprint density at radius 3 is 2.14 bits per heavy atom. The van der Waals surface area contributed by atoms with Crippen LogP contribution in [0.15, 0.2) is 24.3 Å². The molecule has 0 aliphatic heterocycles. The summed E-state index contributed by atoms with van der Waals surface area (Å²) in [5.41, 5.74) is 8.83. The number of nitrogen functional groups attached to an aromatic ring is 1. The molecule has 0 fully saturated rings. The Hall–Kier alpha value is -1.78. The molecule has 3 N–H and O–H groups in total. The number of nitrogens with one attached hydrogen (secondary N) is 1. The van der Waals surface area contributed by atoms with E-state index in [1.54, 1.807) is 32.4 Å². The largest absolute Gasteiger partial charge is 0.495 e. The van der Waals surface area contributed by atoms with Gasteiger partial charge in [-0.2, -0.15) is 0 Å². The molecule has 0 aliphatic carbocycles. The van der Waals surface area contributed by atoms with E-state index >= 15 is 0 Å².